The molecule has 15 heavy (non-hydrogen) atoms. The Balaban J connectivity index is 2.44. The van der Waals surface area contributed by atoms with Gasteiger partial charge in [0.1, 0.15) is 5.82 Å². The first kappa shape index (κ1) is 10.6. The van der Waals surface area contributed by atoms with E-state index >= 15 is 0 Å². The summed E-state index contributed by atoms with van der Waals surface area (Å²) < 4.78 is 14.2. The average molecular weight is 290 g/mol. The highest BCUT2D eigenvalue weighted by atomic mass is 79.9. The van der Waals surface area contributed by atoms with Crippen molar-refractivity contribution >= 4 is 27.5 Å². The third kappa shape index (κ3) is 2.21. The van der Waals surface area contributed by atoms with Crippen LogP contribution in [-0.4, -0.2) is 10.2 Å². The zero-order valence-corrected chi connectivity index (χ0v) is 9.94. The van der Waals surface area contributed by atoms with Crippen LogP contribution in [0.1, 0.15) is 5.69 Å². The van der Waals surface area contributed by atoms with Gasteiger partial charge in [-0.05, 0) is 24.3 Å². The van der Waals surface area contributed by atoms with Crippen LogP contribution >= 0.6 is 27.5 Å². The molecule has 0 unspecified atom stereocenters. The van der Waals surface area contributed by atoms with E-state index in [-0.39, 0.29) is 5.82 Å². The molecule has 2 aromatic rings. The Labute approximate surface area is 99.6 Å². The van der Waals surface area contributed by atoms with Gasteiger partial charge in [-0.2, -0.15) is 5.10 Å². The third-order valence-corrected chi connectivity index (χ3v) is 2.76. The second-order valence-electron chi connectivity index (χ2n) is 3.04. The number of alkyl halides is 1. The molecule has 0 fully saturated rings. The van der Waals surface area contributed by atoms with Crippen LogP contribution in [0.2, 0.25) is 0 Å². The van der Waals surface area contributed by atoms with Gasteiger partial charge in [0.05, 0.1) is 17.3 Å². The van der Waals surface area contributed by atoms with E-state index in [9.17, 15) is 4.39 Å². The highest BCUT2D eigenvalue weighted by Crippen LogP contribution is 2.24. The van der Waals surface area contributed by atoms with Crippen LogP contribution in [0.15, 0.2) is 28.7 Å². The summed E-state index contributed by atoms with van der Waals surface area (Å²) in [6, 6.07) is 6.59. The lowest BCUT2D eigenvalue weighted by atomic mass is 10.1. The van der Waals surface area contributed by atoms with Gasteiger partial charge in [-0.1, -0.05) is 15.9 Å². The molecule has 1 aromatic carbocycles. The van der Waals surface area contributed by atoms with E-state index in [0.29, 0.717) is 21.6 Å². The van der Waals surface area contributed by atoms with E-state index in [2.05, 4.69) is 26.1 Å². The second-order valence-corrected chi connectivity index (χ2v) is 4.22. The molecule has 0 saturated carbocycles. The molecule has 1 N–H and O–H groups in total. The van der Waals surface area contributed by atoms with Crippen molar-refractivity contribution in [3.8, 4) is 11.3 Å². The van der Waals surface area contributed by atoms with Crippen molar-refractivity contribution in [3.63, 3.8) is 0 Å². The van der Waals surface area contributed by atoms with E-state index < -0.39 is 0 Å². The quantitative estimate of drug-likeness (QED) is 0.839. The van der Waals surface area contributed by atoms with Gasteiger partial charge in [0, 0.05) is 10.0 Å². The lowest BCUT2D eigenvalue weighted by molar-refractivity contribution is 0.630. The molecule has 5 heteroatoms. The van der Waals surface area contributed by atoms with Gasteiger partial charge in [0.15, 0.2) is 0 Å². The molecule has 0 aliphatic heterocycles. The Bertz CT molecular complexity index is 484. The average Bonchev–Trinajstić information content (AvgIpc) is 2.66. The van der Waals surface area contributed by atoms with Gasteiger partial charge in [0.2, 0.25) is 0 Å². The minimum atomic E-state index is -0.308. The zero-order valence-electron chi connectivity index (χ0n) is 7.60. The van der Waals surface area contributed by atoms with Gasteiger partial charge in [-0.3, -0.25) is 5.10 Å². The Morgan fingerprint density at radius 3 is 2.80 bits per heavy atom. The third-order valence-electron chi connectivity index (χ3n) is 1.98. The van der Waals surface area contributed by atoms with Crippen molar-refractivity contribution in [2.45, 2.75) is 5.88 Å². The molecule has 0 saturated heterocycles. The Morgan fingerprint density at radius 2 is 2.20 bits per heavy atom. The summed E-state index contributed by atoms with van der Waals surface area (Å²) in [6.45, 7) is 0. The van der Waals surface area contributed by atoms with E-state index in [1.54, 1.807) is 18.2 Å². The predicted molar refractivity (Wildman–Crippen MR) is 61.2 cm³/mol. The van der Waals surface area contributed by atoms with E-state index in [0.717, 1.165) is 5.69 Å². The van der Waals surface area contributed by atoms with Gasteiger partial charge in [-0.25, -0.2) is 4.39 Å². The summed E-state index contributed by atoms with van der Waals surface area (Å²) in [4.78, 5) is 0. The maximum atomic E-state index is 13.5. The first-order valence-corrected chi connectivity index (χ1v) is 5.59. The largest absolute Gasteiger partial charge is 0.281 e. The Morgan fingerprint density at radius 1 is 1.40 bits per heavy atom. The molecule has 2 rings (SSSR count). The summed E-state index contributed by atoms with van der Waals surface area (Å²) in [5.74, 6) is 0.0301. The van der Waals surface area contributed by atoms with Crippen LogP contribution in [0.5, 0.6) is 0 Å². The number of rotatable bonds is 2. The first-order valence-electron chi connectivity index (χ1n) is 4.26. The van der Waals surface area contributed by atoms with Crippen LogP contribution in [-0.2, 0) is 5.88 Å². The van der Waals surface area contributed by atoms with E-state index in [1.807, 2.05) is 0 Å². The smallest absolute Gasteiger partial charge is 0.133 e. The van der Waals surface area contributed by atoms with Crippen molar-refractivity contribution < 1.29 is 4.39 Å². The number of hydrogen-bond donors (Lipinski definition) is 1. The maximum Gasteiger partial charge on any atom is 0.133 e. The van der Waals surface area contributed by atoms with Crippen molar-refractivity contribution in [2.24, 2.45) is 0 Å². The molecule has 0 atom stereocenters. The predicted octanol–water partition coefficient (Wildman–Crippen LogP) is 3.72. The highest BCUT2D eigenvalue weighted by Gasteiger charge is 2.08. The normalized spacial score (nSPS) is 10.6. The fourth-order valence-electron chi connectivity index (χ4n) is 1.27. The van der Waals surface area contributed by atoms with Gasteiger partial charge < -0.3 is 0 Å². The molecule has 0 bridgehead atoms. The van der Waals surface area contributed by atoms with Crippen LogP contribution in [0.25, 0.3) is 11.3 Å². The molecule has 1 aromatic heterocycles. The Kier molecular flexibility index (Phi) is 3.07. The molecule has 0 spiro atoms. The van der Waals surface area contributed by atoms with E-state index in [1.165, 1.54) is 6.07 Å². The minimum Gasteiger partial charge on any atom is -0.281 e. The Hall–Kier alpha value is -0.870. The lowest BCUT2D eigenvalue weighted by Gasteiger charge is -1.98. The van der Waals surface area contributed by atoms with Crippen molar-refractivity contribution in [1.29, 1.82) is 0 Å². The molecular weight excluding hydrogens is 282 g/mol. The topological polar surface area (TPSA) is 28.7 Å². The lowest BCUT2D eigenvalue weighted by Crippen LogP contribution is -1.84. The molecule has 2 nitrogen and oxygen atoms in total. The molecule has 78 valence electrons. The van der Waals surface area contributed by atoms with Gasteiger partial charge >= 0.3 is 0 Å². The SMILES string of the molecule is Fc1cc(Br)ccc1-c1cc(CCl)[nH]n1. The van der Waals surface area contributed by atoms with Gasteiger partial charge in [-0.15, -0.1) is 11.6 Å². The van der Waals surface area contributed by atoms with Crippen LogP contribution < -0.4 is 0 Å². The molecule has 0 aliphatic carbocycles. The summed E-state index contributed by atoms with van der Waals surface area (Å²) >= 11 is 8.82. The number of nitrogens with one attached hydrogen (secondary N) is 1. The first-order chi connectivity index (χ1) is 7.20. The number of halogens is 3. The molecule has 0 radical (unpaired) electrons. The number of aromatic amines is 1. The number of aromatic nitrogens is 2. The summed E-state index contributed by atoms with van der Waals surface area (Å²) in [5, 5.41) is 6.72. The van der Waals surface area contributed by atoms with Crippen molar-refractivity contribution in [3.05, 3.63) is 40.2 Å². The minimum absolute atomic E-state index is 0.308. The molecule has 0 amide bonds. The number of H-pyrrole nitrogens is 1. The number of nitrogens with zero attached hydrogens (tertiary/aromatic N) is 1. The van der Waals surface area contributed by atoms with Crippen molar-refractivity contribution in [2.75, 3.05) is 0 Å². The van der Waals surface area contributed by atoms with Crippen LogP contribution in [0.4, 0.5) is 4.39 Å². The molecular formula is C10H7BrClFN2. The summed E-state index contributed by atoms with van der Waals surface area (Å²) in [7, 11) is 0. The van der Waals surface area contributed by atoms with E-state index in [4.69, 9.17) is 11.6 Å². The highest BCUT2D eigenvalue weighted by molar-refractivity contribution is 9.10. The van der Waals surface area contributed by atoms with Crippen LogP contribution in [0.3, 0.4) is 0 Å². The summed E-state index contributed by atoms with van der Waals surface area (Å²) in [6.07, 6.45) is 0. The summed E-state index contributed by atoms with van der Waals surface area (Å²) in [5.41, 5.74) is 1.80. The molecule has 0 aliphatic rings. The standard InChI is InChI=1S/C10H7BrClFN2/c11-6-1-2-8(9(13)3-6)10-4-7(5-12)14-15-10/h1-4H,5H2,(H,14,15). The number of benzene rings is 1. The molecule has 1 heterocycles. The number of hydrogen-bond acceptors (Lipinski definition) is 1. The maximum absolute atomic E-state index is 13.5. The zero-order chi connectivity index (χ0) is 10.8. The van der Waals surface area contributed by atoms with Crippen LogP contribution in [0, 0.1) is 5.82 Å². The second kappa shape index (κ2) is 4.33. The monoisotopic (exact) mass is 288 g/mol. The fraction of sp³-hybridized carbons (Fsp3) is 0.100. The fourth-order valence-corrected chi connectivity index (χ4v) is 1.74. The van der Waals surface area contributed by atoms with Gasteiger partial charge in [0.25, 0.3) is 0 Å². The van der Waals surface area contributed by atoms with Crippen molar-refractivity contribution in [1.82, 2.24) is 10.2 Å².